The van der Waals surface area contributed by atoms with Crippen LogP contribution in [0, 0.1) is 13.8 Å². The van der Waals surface area contributed by atoms with Gasteiger partial charge < -0.3 is 5.11 Å². The number of aryl methyl sites for hydroxylation is 2. The molecule has 0 atom stereocenters. The zero-order valence-corrected chi connectivity index (χ0v) is 14.0. The number of halogens is 2. The van der Waals surface area contributed by atoms with Crippen LogP contribution in [-0.2, 0) is 6.61 Å². The Balaban J connectivity index is 2.31. The van der Waals surface area contributed by atoms with Crippen molar-refractivity contribution in [3.05, 3.63) is 56.8 Å². The van der Waals surface area contributed by atoms with Crippen LogP contribution in [0.5, 0.6) is 0 Å². The number of benzene rings is 1. The smallest absolute Gasteiger partial charge is 0.152 e. The Labute approximate surface area is 136 Å². The Morgan fingerprint density at radius 1 is 1.29 bits per heavy atom. The molecule has 2 heterocycles. The molecule has 0 spiro atoms. The van der Waals surface area contributed by atoms with Gasteiger partial charge in [0.25, 0.3) is 0 Å². The normalized spacial score (nSPS) is 11.3. The molecular weight excluding hydrogens is 352 g/mol. The van der Waals surface area contributed by atoms with Gasteiger partial charge in [-0.1, -0.05) is 17.7 Å². The first kappa shape index (κ1) is 14.6. The lowest BCUT2D eigenvalue weighted by molar-refractivity contribution is 0.276. The van der Waals surface area contributed by atoms with Crippen LogP contribution in [0.4, 0.5) is 0 Å². The predicted molar refractivity (Wildman–Crippen MR) is 88.7 cm³/mol. The number of aromatic nitrogens is 2. The molecule has 3 aromatic rings. The molecule has 1 aromatic carbocycles. The summed E-state index contributed by atoms with van der Waals surface area (Å²) in [6.45, 7) is 3.89. The SMILES string of the molecule is Cc1cc(Br)c2nc(-c3ccc(Cl)c(C)c3)c(CO)n2c1. The molecule has 0 unspecified atom stereocenters. The van der Waals surface area contributed by atoms with Gasteiger partial charge in [-0.3, -0.25) is 4.40 Å². The van der Waals surface area contributed by atoms with Gasteiger partial charge in [0.1, 0.15) is 0 Å². The molecule has 0 amide bonds. The van der Waals surface area contributed by atoms with Crippen molar-refractivity contribution in [2.45, 2.75) is 20.5 Å². The van der Waals surface area contributed by atoms with Crippen molar-refractivity contribution in [3.8, 4) is 11.3 Å². The zero-order chi connectivity index (χ0) is 15.1. The van der Waals surface area contributed by atoms with Gasteiger partial charge in [-0.05, 0) is 59.1 Å². The van der Waals surface area contributed by atoms with Crippen molar-refractivity contribution < 1.29 is 5.11 Å². The maximum atomic E-state index is 9.77. The maximum absolute atomic E-state index is 9.77. The lowest BCUT2D eigenvalue weighted by Gasteiger charge is -2.05. The van der Waals surface area contributed by atoms with Crippen molar-refractivity contribution in [2.24, 2.45) is 0 Å². The Bertz CT molecular complexity index is 842. The summed E-state index contributed by atoms with van der Waals surface area (Å²) in [6, 6.07) is 7.79. The third-order valence-electron chi connectivity index (χ3n) is 3.49. The number of fused-ring (bicyclic) bond motifs is 1. The second kappa shape index (κ2) is 5.44. The molecule has 1 N–H and O–H groups in total. The maximum Gasteiger partial charge on any atom is 0.152 e. The number of aliphatic hydroxyl groups excluding tert-OH is 1. The van der Waals surface area contributed by atoms with Gasteiger partial charge in [0.05, 0.1) is 22.5 Å². The third kappa shape index (κ3) is 2.48. The van der Waals surface area contributed by atoms with Crippen LogP contribution in [-0.4, -0.2) is 14.5 Å². The van der Waals surface area contributed by atoms with E-state index in [2.05, 4.69) is 20.9 Å². The van der Waals surface area contributed by atoms with Gasteiger partial charge in [-0.15, -0.1) is 0 Å². The second-order valence-electron chi connectivity index (χ2n) is 5.09. The molecule has 0 saturated heterocycles. The summed E-state index contributed by atoms with van der Waals surface area (Å²) in [7, 11) is 0. The van der Waals surface area contributed by atoms with Gasteiger partial charge in [0.2, 0.25) is 0 Å². The van der Waals surface area contributed by atoms with E-state index in [1.54, 1.807) is 0 Å². The lowest BCUT2D eigenvalue weighted by atomic mass is 10.1. The number of rotatable bonds is 2. The molecule has 108 valence electrons. The van der Waals surface area contributed by atoms with E-state index >= 15 is 0 Å². The van der Waals surface area contributed by atoms with E-state index in [0.717, 1.165) is 43.2 Å². The van der Waals surface area contributed by atoms with E-state index in [9.17, 15) is 5.11 Å². The first-order chi connectivity index (χ1) is 10.0. The molecule has 2 aromatic heterocycles. The fourth-order valence-electron chi connectivity index (χ4n) is 2.45. The molecule has 0 radical (unpaired) electrons. The summed E-state index contributed by atoms with van der Waals surface area (Å²) in [6.07, 6.45) is 1.98. The standard InChI is InChI=1S/C16H14BrClN2O/c1-9-5-12(17)16-19-15(14(8-21)20(16)7-9)11-3-4-13(18)10(2)6-11/h3-7,21H,8H2,1-2H3. The average molecular weight is 366 g/mol. The highest BCUT2D eigenvalue weighted by Gasteiger charge is 2.16. The molecule has 3 nitrogen and oxygen atoms in total. The molecule has 21 heavy (non-hydrogen) atoms. The van der Waals surface area contributed by atoms with Crippen LogP contribution in [0.15, 0.2) is 34.9 Å². The van der Waals surface area contributed by atoms with Crippen LogP contribution >= 0.6 is 27.5 Å². The van der Waals surface area contributed by atoms with Crippen molar-refractivity contribution in [2.75, 3.05) is 0 Å². The zero-order valence-electron chi connectivity index (χ0n) is 11.7. The summed E-state index contributed by atoms with van der Waals surface area (Å²) in [5.74, 6) is 0. The van der Waals surface area contributed by atoms with Crippen LogP contribution in [0.2, 0.25) is 5.02 Å². The van der Waals surface area contributed by atoms with Crippen LogP contribution in [0.1, 0.15) is 16.8 Å². The Kier molecular flexibility index (Phi) is 3.78. The van der Waals surface area contributed by atoms with Gasteiger partial charge in [0.15, 0.2) is 5.65 Å². The highest BCUT2D eigenvalue weighted by molar-refractivity contribution is 9.10. The first-order valence-corrected chi connectivity index (χ1v) is 7.73. The fourth-order valence-corrected chi connectivity index (χ4v) is 3.21. The quantitative estimate of drug-likeness (QED) is 0.724. The largest absolute Gasteiger partial charge is 0.390 e. The Morgan fingerprint density at radius 2 is 2.05 bits per heavy atom. The van der Waals surface area contributed by atoms with Crippen LogP contribution in [0.25, 0.3) is 16.9 Å². The number of hydrogen-bond donors (Lipinski definition) is 1. The number of nitrogens with zero attached hydrogens (tertiary/aromatic N) is 2. The highest BCUT2D eigenvalue weighted by atomic mass is 79.9. The van der Waals surface area contributed by atoms with Crippen molar-refractivity contribution >= 4 is 33.2 Å². The molecule has 0 aliphatic heterocycles. The van der Waals surface area contributed by atoms with Crippen molar-refractivity contribution in [1.29, 1.82) is 0 Å². The summed E-state index contributed by atoms with van der Waals surface area (Å²) >= 11 is 9.62. The number of pyridine rings is 1. The van der Waals surface area contributed by atoms with E-state index < -0.39 is 0 Å². The fraction of sp³-hybridized carbons (Fsp3) is 0.188. The molecule has 3 rings (SSSR count). The number of aliphatic hydroxyl groups is 1. The minimum atomic E-state index is -0.0753. The molecule has 5 heteroatoms. The first-order valence-electron chi connectivity index (χ1n) is 6.55. The summed E-state index contributed by atoms with van der Waals surface area (Å²) < 4.78 is 2.84. The second-order valence-corrected chi connectivity index (χ2v) is 6.35. The van der Waals surface area contributed by atoms with Gasteiger partial charge in [0, 0.05) is 16.8 Å². The molecule has 0 aliphatic carbocycles. The minimum Gasteiger partial charge on any atom is -0.390 e. The van der Waals surface area contributed by atoms with Crippen molar-refractivity contribution in [1.82, 2.24) is 9.38 Å². The Hall–Kier alpha value is -1.36. The van der Waals surface area contributed by atoms with Crippen LogP contribution in [0.3, 0.4) is 0 Å². The van der Waals surface area contributed by atoms with Crippen LogP contribution < -0.4 is 0 Å². The molecule has 0 fully saturated rings. The Morgan fingerprint density at radius 3 is 2.71 bits per heavy atom. The van der Waals surface area contributed by atoms with Crippen molar-refractivity contribution in [3.63, 3.8) is 0 Å². The monoisotopic (exact) mass is 364 g/mol. The lowest BCUT2D eigenvalue weighted by Crippen LogP contribution is -1.95. The third-order valence-corrected chi connectivity index (χ3v) is 4.50. The summed E-state index contributed by atoms with van der Waals surface area (Å²) in [5.41, 5.74) is 5.40. The van der Waals surface area contributed by atoms with E-state index in [1.807, 2.05) is 48.7 Å². The minimum absolute atomic E-state index is 0.0753. The van der Waals surface area contributed by atoms with Gasteiger partial charge in [-0.25, -0.2) is 4.98 Å². The number of imidazole rings is 1. The summed E-state index contributed by atoms with van der Waals surface area (Å²) in [5, 5.41) is 10.5. The molecule has 0 aliphatic rings. The number of hydrogen-bond acceptors (Lipinski definition) is 2. The summed E-state index contributed by atoms with van der Waals surface area (Å²) in [4.78, 5) is 4.68. The molecular formula is C16H14BrClN2O. The topological polar surface area (TPSA) is 37.5 Å². The van der Waals surface area contributed by atoms with E-state index in [-0.39, 0.29) is 6.61 Å². The van der Waals surface area contributed by atoms with Gasteiger partial charge in [-0.2, -0.15) is 0 Å². The van der Waals surface area contributed by atoms with E-state index in [0.29, 0.717) is 0 Å². The van der Waals surface area contributed by atoms with E-state index in [4.69, 9.17) is 11.6 Å². The van der Waals surface area contributed by atoms with E-state index in [1.165, 1.54) is 0 Å². The van der Waals surface area contributed by atoms with Gasteiger partial charge >= 0.3 is 0 Å². The molecule has 0 saturated carbocycles. The predicted octanol–water partition coefficient (Wildman–Crippen LogP) is 4.53. The molecule has 0 bridgehead atoms. The highest BCUT2D eigenvalue weighted by Crippen LogP contribution is 2.30. The average Bonchev–Trinajstić information content (AvgIpc) is 2.80.